The highest BCUT2D eigenvalue weighted by molar-refractivity contribution is 5.95. The zero-order valence-corrected chi connectivity index (χ0v) is 11.7. The Kier molecular flexibility index (Phi) is 3.17. The molecule has 22 heavy (non-hydrogen) atoms. The summed E-state index contributed by atoms with van der Waals surface area (Å²) in [5.41, 5.74) is -0.0431. The normalized spacial score (nSPS) is 22.6. The second kappa shape index (κ2) is 4.81. The molecule has 0 fully saturated rings. The van der Waals surface area contributed by atoms with Crippen LogP contribution in [0.25, 0.3) is 0 Å². The molecule has 0 saturated heterocycles. The van der Waals surface area contributed by atoms with Crippen LogP contribution in [0, 0.1) is 0 Å². The number of benzene rings is 2. The molecule has 0 aromatic heterocycles. The number of rotatable bonds is 2. The molecule has 0 radical (unpaired) electrons. The fourth-order valence-electron chi connectivity index (χ4n) is 2.41. The van der Waals surface area contributed by atoms with Crippen LogP contribution in [0.3, 0.4) is 0 Å². The summed E-state index contributed by atoms with van der Waals surface area (Å²) in [4.78, 5) is 12.4. The van der Waals surface area contributed by atoms with Crippen LogP contribution in [-0.4, -0.2) is 28.2 Å². The van der Waals surface area contributed by atoms with Gasteiger partial charge in [0.05, 0.1) is 12.7 Å². The number of fused-ring (bicyclic) bond motifs is 1. The van der Waals surface area contributed by atoms with E-state index in [4.69, 9.17) is 9.47 Å². The lowest BCUT2D eigenvalue weighted by atomic mass is 9.88. The highest BCUT2D eigenvalue weighted by atomic mass is 16.6. The monoisotopic (exact) mass is 302 g/mol. The van der Waals surface area contributed by atoms with Gasteiger partial charge in [-0.2, -0.15) is 0 Å². The molecule has 0 spiro atoms. The minimum atomic E-state index is -2.84. The number of para-hydroxylation sites is 1. The molecule has 1 heterocycles. The fraction of sp³-hybridized carbons (Fsp3) is 0.188. The topological polar surface area (TPSA) is 96.2 Å². The zero-order valence-electron chi connectivity index (χ0n) is 11.7. The number of carbonyl (C=O) groups excluding carboxylic acids is 1. The predicted molar refractivity (Wildman–Crippen MR) is 75.1 cm³/mol. The van der Waals surface area contributed by atoms with Gasteiger partial charge in [-0.25, -0.2) is 0 Å². The van der Waals surface area contributed by atoms with Crippen LogP contribution in [0.1, 0.15) is 11.1 Å². The Morgan fingerprint density at radius 2 is 1.64 bits per heavy atom. The van der Waals surface area contributed by atoms with Gasteiger partial charge in [0.25, 0.3) is 11.6 Å². The highest BCUT2D eigenvalue weighted by Gasteiger charge is 2.57. The Labute approximate surface area is 126 Å². The molecule has 2 aromatic carbocycles. The van der Waals surface area contributed by atoms with E-state index in [-0.39, 0.29) is 16.9 Å². The maximum absolute atomic E-state index is 12.4. The molecule has 1 aliphatic rings. The van der Waals surface area contributed by atoms with Crippen LogP contribution >= 0.6 is 0 Å². The lowest BCUT2D eigenvalue weighted by Crippen LogP contribution is -2.56. The molecule has 1 atom stereocenters. The quantitative estimate of drug-likeness (QED) is 0.705. The van der Waals surface area contributed by atoms with Crippen LogP contribution in [0.15, 0.2) is 48.5 Å². The van der Waals surface area contributed by atoms with Crippen LogP contribution in [0.4, 0.5) is 0 Å². The molecule has 1 aliphatic heterocycles. The summed E-state index contributed by atoms with van der Waals surface area (Å²) in [6, 6.07) is 11.8. The van der Waals surface area contributed by atoms with E-state index in [9.17, 15) is 20.1 Å². The summed E-state index contributed by atoms with van der Waals surface area (Å²) in [6.45, 7) is 0. The third kappa shape index (κ3) is 1.97. The molecule has 3 rings (SSSR count). The third-order valence-corrected chi connectivity index (χ3v) is 3.63. The SMILES string of the molecule is COc1ccc(C2(O)Oc3ccccc3C(O)(O)C2=O)cc1. The molecular weight excluding hydrogens is 288 g/mol. The highest BCUT2D eigenvalue weighted by Crippen LogP contribution is 2.42. The van der Waals surface area contributed by atoms with E-state index in [1.54, 1.807) is 6.07 Å². The van der Waals surface area contributed by atoms with E-state index in [1.807, 2.05) is 0 Å². The summed E-state index contributed by atoms with van der Waals surface area (Å²) in [5.74, 6) is -6.07. The van der Waals surface area contributed by atoms with E-state index in [0.29, 0.717) is 5.75 Å². The van der Waals surface area contributed by atoms with E-state index < -0.39 is 17.4 Å². The number of hydrogen-bond donors (Lipinski definition) is 3. The van der Waals surface area contributed by atoms with Crippen molar-refractivity contribution in [3.8, 4) is 11.5 Å². The van der Waals surface area contributed by atoms with Crippen molar-refractivity contribution >= 4 is 5.78 Å². The Morgan fingerprint density at radius 3 is 2.27 bits per heavy atom. The lowest BCUT2D eigenvalue weighted by Gasteiger charge is -2.38. The second-order valence-electron chi connectivity index (χ2n) is 4.97. The van der Waals surface area contributed by atoms with Gasteiger partial charge in [0.1, 0.15) is 11.5 Å². The van der Waals surface area contributed by atoms with Crippen LogP contribution in [0.2, 0.25) is 0 Å². The Balaban J connectivity index is 2.13. The molecule has 0 bridgehead atoms. The summed E-state index contributed by atoms with van der Waals surface area (Å²) in [7, 11) is 1.48. The first-order chi connectivity index (χ1) is 10.4. The average molecular weight is 302 g/mol. The molecule has 0 amide bonds. The minimum absolute atomic E-state index is 0.0189. The number of carbonyl (C=O) groups is 1. The Bertz CT molecular complexity index is 722. The van der Waals surface area contributed by atoms with Gasteiger partial charge in [-0.1, -0.05) is 12.1 Å². The van der Waals surface area contributed by atoms with E-state index in [0.717, 1.165) is 0 Å². The Hall–Kier alpha value is -2.41. The largest absolute Gasteiger partial charge is 0.497 e. The van der Waals surface area contributed by atoms with Gasteiger partial charge in [-0.3, -0.25) is 4.79 Å². The van der Waals surface area contributed by atoms with Crippen molar-refractivity contribution in [2.24, 2.45) is 0 Å². The summed E-state index contributed by atoms with van der Waals surface area (Å²) in [5, 5.41) is 30.9. The Morgan fingerprint density at radius 1 is 1.00 bits per heavy atom. The number of hydrogen-bond acceptors (Lipinski definition) is 6. The van der Waals surface area contributed by atoms with Gasteiger partial charge in [-0.05, 0) is 36.4 Å². The van der Waals surface area contributed by atoms with Gasteiger partial charge in [0, 0.05) is 5.56 Å². The first-order valence-corrected chi connectivity index (χ1v) is 6.54. The number of methoxy groups -OCH3 is 1. The standard InChI is InChI=1S/C16H14O6/c1-21-11-8-6-10(7-9-11)16(20)14(17)15(18,19)12-4-2-3-5-13(12)22-16/h2-9,18-20H,1H3. The van der Waals surface area contributed by atoms with Crippen molar-refractivity contribution in [1.82, 2.24) is 0 Å². The van der Waals surface area contributed by atoms with Crippen LogP contribution < -0.4 is 9.47 Å². The summed E-state index contributed by atoms with van der Waals surface area (Å²) in [6.07, 6.45) is 0. The van der Waals surface area contributed by atoms with E-state index >= 15 is 0 Å². The zero-order chi connectivity index (χ0) is 16.0. The first kappa shape index (κ1) is 14.5. The van der Waals surface area contributed by atoms with Crippen molar-refractivity contribution in [2.75, 3.05) is 7.11 Å². The molecule has 0 saturated carbocycles. The van der Waals surface area contributed by atoms with Crippen molar-refractivity contribution in [1.29, 1.82) is 0 Å². The maximum Gasteiger partial charge on any atom is 0.301 e. The van der Waals surface area contributed by atoms with Crippen molar-refractivity contribution in [3.63, 3.8) is 0 Å². The molecule has 6 nitrogen and oxygen atoms in total. The fourth-order valence-corrected chi connectivity index (χ4v) is 2.41. The van der Waals surface area contributed by atoms with Gasteiger partial charge in [0.2, 0.25) is 0 Å². The van der Waals surface area contributed by atoms with Gasteiger partial charge in [-0.15, -0.1) is 0 Å². The van der Waals surface area contributed by atoms with Crippen molar-refractivity contribution < 1.29 is 29.6 Å². The molecule has 114 valence electrons. The first-order valence-electron chi connectivity index (χ1n) is 6.54. The van der Waals surface area contributed by atoms with Crippen molar-refractivity contribution in [2.45, 2.75) is 11.6 Å². The molecule has 3 N–H and O–H groups in total. The predicted octanol–water partition coefficient (Wildman–Crippen LogP) is 0.639. The van der Waals surface area contributed by atoms with Gasteiger partial charge >= 0.3 is 5.79 Å². The third-order valence-electron chi connectivity index (χ3n) is 3.63. The molecule has 2 aromatic rings. The van der Waals surface area contributed by atoms with Crippen molar-refractivity contribution in [3.05, 3.63) is 59.7 Å². The van der Waals surface area contributed by atoms with Crippen LogP contribution in [0.5, 0.6) is 11.5 Å². The average Bonchev–Trinajstić information content (AvgIpc) is 2.53. The molecular formula is C16H14O6. The number of aliphatic hydroxyl groups is 3. The van der Waals surface area contributed by atoms with Gasteiger partial charge < -0.3 is 24.8 Å². The smallest absolute Gasteiger partial charge is 0.301 e. The lowest BCUT2D eigenvalue weighted by molar-refractivity contribution is -0.242. The number of ether oxygens (including phenoxy) is 2. The van der Waals surface area contributed by atoms with Gasteiger partial charge in [0.15, 0.2) is 0 Å². The summed E-state index contributed by atoms with van der Waals surface area (Å²) >= 11 is 0. The molecule has 0 aliphatic carbocycles. The van der Waals surface area contributed by atoms with E-state index in [2.05, 4.69) is 0 Å². The van der Waals surface area contributed by atoms with Crippen LogP contribution in [-0.2, 0) is 16.4 Å². The second-order valence-corrected chi connectivity index (χ2v) is 4.97. The number of Topliss-reactive ketones (excluding diaryl/α,β-unsaturated/α-hetero) is 1. The number of ketones is 1. The molecule has 1 unspecified atom stereocenters. The minimum Gasteiger partial charge on any atom is -0.497 e. The van der Waals surface area contributed by atoms with E-state index in [1.165, 1.54) is 49.6 Å². The maximum atomic E-state index is 12.4. The molecule has 6 heteroatoms. The summed E-state index contributed by atoms with van der Waals surface area (Å²) < 4.78 is 10.4.